The maximum atomic E-state index is 11.9. The van der Waals surface area contributed by atoms with Crippen molar-refractivity contribution in [2.24, 2.45) is 5.92 Å². The first-order chi connectivity index (χ1) is 7.93. The number of rotatable bonds is 4. The van der Waals surface area contributed by atoms with E-state index in [0.29, 0.717) is 5.92 Å². The van der Waals surface area contributed by atoms with Gasteiger partial charge in [-0.2, -0.15) is 0 Å². The van der Waals surface area contributed by atoms with Gasteiger partial charge in [0, 0.05) is 17.7 Å². The molecule has 0 fully saturated rings. The summed E-state index contributed by atoms with van der Waals surface area (Å²) < 4.78 is 0. The van der Waals surface area contributed by atoms with E-state index in [9.17, 15) is 15.0 Å². The largest absolute Gasteiger partial charge is 0.508 e. The summed E-state index contributed by atoms with van der Waals surface area (Å²) in [6, 6.07) is 3.95. The zero-order chi connectivity index (χ0) is 13.0. The van der Waals surface area contributed by atoms with Crippen LogP contribution in [0.15, 0.2) is 18.2 Å². The summed E-state index contributed by atoms with van der Waals surface area (Å²) in [5.41, 5.74) is 0.265. The summed E-state index contributed by atoms with van der Waals surface area (Å²) >= 11 is 0. The topological polar surface area (TPSA) is 69.6 Å². The average molecular weight is 237 g/mol. The molecule has 4 nitrogen and oxygen atoms in total. The number of benzene rings is 1. The van der Waals surface area contributed by atoms with Gasteiger partial charge in [0.25, 0.3) is 5.91 Å². The molecule has 17 heavy (non-hydrogen) atoms. The molecule has 0 heterocycles. The Balaban J connectivity index is 2.82. The molecular weight excluding hydrogens is 218 g/mol. The molecule has 0 aliphatic rings. The van der Waals surface area contributed by atoms with Crippen molar-refractivity contribution in [2.75, 3.05) is 0 Å². The number of phenolic OH excluding ortho intramolecular Hbond substituents is 2. The third-order valence-corrected chi connectivity index (χ3v) is 2.73. The van der Waals surface area contributed by atoms with Gasteiger partial charge in [-0.15, -0.1) is 0 Å². The van der Waals surface area contributed by atoms with Gasteiger partial charge in [0.2, 0.25) is 0 Å². The van der Waals surface area contributed by atoms with Crippen molar-refractivity contribution in [3.63, 3.8) is 0 Å². The molecule has 0 spiro atoms. The minimum absolute atomic E-state index is 0.0898. The first kappa shape index (κ1) is 13.4. The number of aromatic hydroxyl groups is 2. The van der Waals surface area contributed by atoms with E-state index < -0.39 is 0 Å². The molecule has 0 saturated carbocycles. The zero-order valence-corrected chi connectivity index (χ0v) is 10.4. The molecule has 94 valence electrons. The van der Waals surface area contributed by atoms with Crippen LogP contribution in [0.5, 0.6) is 11.5 Å². The highest BCUT2D eigenvalue weighted by Crippen LogP contribution is 2.20. The maximum absolute atomic E-state index is 11.9. The molecule has 1 aromatic carbocycles. The lowest BCUT2D eigenvalue weighted by Crippen LogP contribution is -2.37. The number of amides is 1. The SMILES string of the molecule is CCC(NC(=O)c1cc(O)cc(O)c1)C(C)C. The van der Waals surface area contributed by atoms with Crippen LogP contribution in [0.4, 0.5) is 0 Å². The number of carbonyl (C=O) groups is 1. The van der Waals surface area contributed by atoms with E-state index in [-0.39, 0.29) is 29.0 Å². The Labute approximate surface area is 101 Å². The molecule has 1 aromatic rings. The summed E-state index contributed by atoms with van der Waals surface area (Å²) in [4.78, 5) is 11.9. The highest BCUT2D eigenvalue weighted by Gasteiger charge is 2.16. The smallest absolute Gasteiger partial charge is 0.251 e. The molecule has 1 atom stereocenters. The Morgan fingerprint density at radius 1 is 1.24 bits per heavy atom. The van der Waals surface area contributed by atoms with Gasteiger partial charge in [-0.3, -0.25) is 4.79 Å². The standard InChI is InChI=1S/C13H19NO3/c1-4-12(8(2)3)14-13(17)9-5-10(15)7-11(16)6-9/h5-8,12,15-16H,4H2,1-3H3,(H,14,17). The van der Waals surface area contributed by atoms with E-state index in [1.165, 1.54) is 18.2 Å². The molecule has 0 bridgehead atoms. The van der Waals surface area contributed by atoms with Crippen LogP contribution < -0.4 is 5.32 Å². The summed E-state index contributed by atoms with van der Waals surface area (Å²) in [5.74, 6) is -0.174. The van der Waals surface area contributed by atoms with Crippen molar-refractivity contribution in [3.8, 4) is 11.5 Å². The minimum atomic E-state index is -0.281. The lowest BCUT2D eigenvalue weighted by Gasteiger charge is -2.20. The Bertz CT molecular complexity index is 381. The van der Waals surface area contributed by atoms with Gasteiger partial charge in [-0.05, 0) is 24.5 Å². The number of hydrogen-bond acceptors (Lipinski definition) is 3. The van der Waals surface area contributed by atoms with E-state index in [1.807, 2.05) is 20.8 Å². The summed E-state index contributed by atoms with van der Waals surface area (Å²) in [6.07, 6.45) is 0.841. The molecule has 0 aliphatic carbocycles. The van der Waals surface area contributed by atoms with Crippen LogP contribution >= 0.6 is 0 Å². The van der Waals surface area contributed by atoms with Gasteiger partial charge in [-0.1, -0.05) is 20.8 Å². The molecule has 0 radical (unpaired) electrons. The highest BCUT2D eigenvalue weighted by atomic mass is 16.3. The van der Waals surface area contributed by atoms with Gasteiger partial charge in [0.1, 0.15) is 11.5 Å². The van der Waals surface area contributed by atoms with Crippen LogP contribution in [0, 0.1) is 5.92 Å². The first-order valence-electron chi connectivity index (χ1n) is 5.78. The molecule has 0 aromatic heterocycles. The predicted molar refractivity (Wildman–Crippen MR) is 66.2 cm³/mol. The van der Waals surface area contributed by atoms with Crippen molar-refractivity contribution in [1.29, 1.82) is 0 Å². The summed E-state index contributed by atoms with van der Waals surface area (Å²) in [5, 5.41) is 21.5. The maximum Gasteiger partial charge on any atom is 0.251 e. The Morgan fingerprint density at radius 2 is 1.76 bits per heavy atom. The van der Waals surface area contributed by atoms with Gasteiger partial charge in [-0.25, -0.2) is 0 Å². The molecule has 1 unspecified atom stereocenters. The van der Waals surface area contributed by atoms with Gasteiger partial charge in [0.15, 0.2) is 0 Å². The van der Waals surface area contributed by atoms with Crippen LogP contribution in [0.3, 0.4) is 0 Å². The number of carbonyl (C=O) groups excluding carboxylic acids is 1. The third kappa shape index (κ3) is 3.66. The zero-order valence-electron chi connectivity index (χ0n) is 10.4. The van der Waals surface area contributed by atoms with Gasteiger partial charge >= 0.3 is 0 Å². The second kappa shape index (κ2) is 5.57. The van der Waals surface area contributed by atoms with E-state index in [2.05, 4.69) is 5.32 Å². The summed E-state index contributed by atoms with van der Waals surface area (Å²) in [6.45, 7) is 6.08. The van der Waals surface area contributed by atoms with E-state index >= 15 is 0 Å². The third-order valence-electron chi connectivity index (χ3n) is 2.73. The van der Waals surface area contributed by atoms with Crippen LogP contribution in [0.1, 0.15) is 37.6 Å². The minimum Gasteiger partial charge on any atom is -0.508 e. The molecule has 1 rings (SSSR count). The Hall–Kier alpha value is -1.71. The fourth-order valence-electron chi connectivity index (χ4n) is 1.72. The molecule has 4 heteroatoms. The lowest BCUT2D eigenvalue weighted by atomic mass is 10.0. The monoisotopic (exact) mass is 237 g/mol. The Morgan fingerprint density at radius 3 is 2.18 bits per heavy atom. The molecule has 0 saturated heterocycles. The molecule has 1 amide bonds. The lowest BCUT2D eigenvalue weighted by molar-refractivity contribution is 0.0924. The highest BCUT2D eigenvalue weighted by molar-refractivity contribution is 5.95. The fourth-order valence-corrected chi connectivity index (χ4v) is 1.72. The number of phenols is 2. The van der Waals surface area contributed by atoms with Gasteiger partial charge in [0.05, 0.1) is 0 Å². The average Bonchev–Trinajstić information content (AvgIpc) is 2.23. The predicted octanol–water partition coefficient (Wildman–Crippen LogP) is 2.26. The number of hydrogen-bond donors (Lipinski definition) is 3. The normalized spacial score (nSPS) is 12.5. The second-order valence-electron chi connectivity index (χ2n) is 4.47. The quantitative estimate of drug-likeness (QED) is 0.752. The fraction of sp³-hybridized carbons (Fsp3) is 0.462. The Kier molecular flexibility index (Phi) is 4.37. The van der Waals surface area contributed by atoms with Crippen molar-refractivity contribution in [1.82, 2.24) is 5.32 Å². The first-order valence-corrected chi connectivity index (χ1v) is 5.78. The van der Waals surface area contributed by atoms with Crippen molar-refractivity contribution < 1.29 is 15.0 Å². The van der Waals surface area contributed by atoms with Crippen LogP contribution in [0.2, 0.25) is 0 Å². The van der Waals surface area contributed by atoms with Crippen LogP contribution in [-0.2, 0) is 0 Å². The van der Waals surface area contributed by atoms with Crippen LogP contribution in [-0.4, -0.2) is 22.2 Å². The van der Waals surface area contributed by atoms with E-state index in [0.717, 1.165) is 6.42 Å². The van der Waals surface area contributed by atoms with E-state index in [4.69, 9.17) is 0 Å². The van der Waals surface area contributed by atoms with Crippen LogP contribution in [0.25, 0.3) is 0 Å². The molecule has 0 aliphatic heterocycles. The molecular formula is C13H19NO3. The van der Waals surface area contributed by atoms with E-state index in [1.54, 1.807) is 0 Å². The summed E-state index contributed by atoms with van der Waals surface area (Å²) in [7, 11) is 0. The van der Waals surface area contributed by atoms with Gasteiger partial charge < -0.3 is 15.5 Å². The number of nitrogens with one attached hydrogen (secondary N) is 1. The van der Waals surface area contributed by atoms with Crippen molar-refractivity contribution in [2.45, 2.75) is 33.2 Å². The molecule has 3 N–H and O–H groups in total. The second-order valence-corrected chi connectivity index (χ2v) is 4.47. The van der Waals surface area contributed by atoms with Crippen molar-refractivity contribution in [3.05, 3.63) is 23.8 Å². The van der Waals surface area contributed by atoms with Crippen molar-refractivity contribution >= 4 is 5.91 Å².